The number of carbonyl (C=O) groups is 1. The molecule has 0 saturated heterocycles. The van der Waals surface area contributed by atoms with E-state index in [-0.39, 0.29) is 5.97 Å². The molecule has 5 heteroatoms. The van der Waals surface area contributed by atoms with Gasteiger partial charge in [0.05, 0.1) is 18.8 Å². The molecule has 0 aromatic rings. The van der Waals surface area contributed by atoms with Crippen molar-refractivity contribution in [2.24, 2.45) is 23.7 Å². The molecule has 3 aliphatic rings. The Morgan fingerprint density at radius 1 is 1.17 bits per heavy atom. The molecule has 0 aromatic heterocycles. The van der Waals surface area contributed by atoms with E-state index in [0.29, 0.717) is 25.0 Å². The number of aliphatic hydroxyl groups excluding tert-OH is 2. The van der Waals surface area contributed by atoms with E-state index in [2.05, 4.69) is 6.58 Å². The van der Waals surface area contributed by atoms with Crippen LogP contribution < -0.4 is 0 Å². The van der Waals surface area contributed by atoms with Gasteiger partial charge in [-0.15, -0.1) is 0 Å². The molecule has 23 heavy (non-hydrogen) atoms. The Hall–Kier alpha value is -0.910. The third-order valence-corrected chi connectivity index (χ3v) is 5.61. The lowest BCUT2D eigenvalue weighted by Gasteiger charge is -2.25. The van der Waals surface area contributed by atoms with Gasteiger partial charge in [-0.25, -0.2) is 4.79 Å². The second kappa shape index (κ2) is 8.81. The third-order valence-electron chi connectivity index (χ3n) is 5.61. The average molecular weight is 326 g/mol. The minimum absolute atomic E-state index is 0.359. The number of rotatable bonds is 6. The van der Waals surface area contributed by atoms with Crippen LogP contribution >= 0.6 is 0 Å². The fraction of sp³-hybridized carbons (Fsp3) is 0.833. The van der Waals surface area contributed by atoms with Gasteiger partial charge in [-0.1, -0.05) is 6.58 Å². The molecule has 132 valence electrons. The summed E-state index contributed by atoms with van der Waals surface area (Å²) in [5.41, 5.74) is 0. The van der Waals surface area contributed by atoms with Gasteiger partial charge in [0.2, 0.25) is 0 Å². The summed E-state index contributed by atoms with van der Waals surface area (Å²) in [5.74, 6) is 2.34. The number of ether oxygens (including phenoxy) is 2. The molecule has 3 fully saturated rings. The van der Waals surface area contributed by atoms with Crippen molar-refractivity contribution in [3.05, 3.63) is 12.7 Å². The van der Waals surface area contributed by atoms with Crippen molar-refractivity contribution in [1.29, 1.82) is 0 Å². The first-order valence-corrected chi connectivity index (χ1v) is 8.72. The molecule has 6 unspecified atom stereocenters. The normalized spacial score (nSPS) is 37.0. The second-order valence-corrected chi connectivity index (χ2v) is 6.94. The van der Waals surface area contributed by atoms with Crippen LogP contribution in [0.15, 0.2) is 12.7 Å². The van der Waals surface area contributed by atoms with E-state index in [1.165, 1.54) is 19.3 Å². The molecule has 2 bridgehead atoms. The standard InChI is InChI=1S/C10H16O2.C8H14O3/c11-8-4-7-5-1-2-6(3-5)9(7)10(8)12;1-3-8(9)11-7-5-4-6-10-2/h5-12H,1-4H2;3H,1,4-7H2,2H3. The Kier molecular flexibility index (Phi) is 7.06. The van der Waals surface area contributed by atoms with Crippen LogP contribution in [0.4, 0.5) is 0 Å². The van der Waals surface area contributed by atoms with Crippen molar-refractivity contribution < 1.29 is 24.5 Å². The highest BCUT2D eigenvalue weighted by atomic mass is 16.5. The SMILES string of the molecule is C=CC(=O)OCCCCOC.OC1CC2C3CCC(C3)C2C1O. The van der Waals surface area contributed by atoms with E-state index in [0.717, 1.165) is 37.2 Å². The summed E-state index contributed by atoms with van der Waals surface area (Å²) in [6.07, 6.45) is 6.96. The van der Waals surface area contributed by atoms with Crippen LogP contribution in [0.1, 0.15) is 38.5 Å². The highest BCUT2D eigenvalue weighted by molar-refractivity contribution is 5.81. The monoisotopic (exact) mass is 326 g/mol. The molecule has 0 radical (unpaired) electrons. The molecule has 0 aromatic carbocycles. The van der Waals surface area contributed by atoms with E-state index >= 15 is 0 Å². The van der Waals surface area contributed by atoms with Gasteiger partial charge in [0.1, 0.15) is 0 Å². The van der Waals surface area contributed by atoms with E-state index in [1.807, 2.05) is 0 Å². The van der Waals surface area contributed by atoms with Crippen molar-refractivity contribution >= 4 is 5.97 Å². The summed E-state index contributed by atoms with van der Waals surface area (Å²) in [5, 5.41) is 19.3. The van der Waals surface area contributed by atoms with Gasteiger partial charge in [-0.05, 0) is 62.2 Å². The van der Waals surface area contributed by atoms with Gasteiger partial charge in [-0.3, -0.25) is 0 Å². The van der Waals surface area contributed by atoms with Crippen molar-refractivity contribution in [2.75, 3.05) is 20.3 Å². The van der Waals surface area contributed by atoms with E-state index in [9.17, 15) is 15.0 Å². The molecule has 2 N–H and O–H groups in total. The van der Waals surface area contributed by atoms with Crippen molar-refractivity contribution in [2.45, 2.75) is 50.7 Å². The molecular formula is C18H30O5. The summed E-state index contributed by atoms with van der Waals surface area (Å²) in [6, 6.07) is 0. The Labute approximate surface area is 138 Å². The maximum atomic E-state index is 10.5. The first-order chi connectivity index (χ1) is 11.1. The van der Waals surface area contributed by atoms with Gasteiger partial charge in [0, 0.05) is 19.8 Å². The Balaban J connectivity index is 0.000000168. The lowest BCUT2D eigenvalue weighted by molar-refractivity contribution is -0.137. The number of carbonyl (C=O) groups excluding carboxylic acids is 1. The molecule has 0 spiro atoms. The Morgan fingerprint density at radius 3 is 2.52 bits per heavy atom. The molecule has 6 atom stereocenters. The lowest BCUT2D eigenvalue weighted by atomic mass is 9.81. The topological polar surface area (TPSA) is 76.0 Å². The highest BCUT2D eigenvalue weighted by Gasteiger charge is 2.56. The summed E-state index contributed by atoms with van der Waals surface area (Å²) in [7, 11) is 1.65. The van der Waals surface area contributed by atoms with E-state index in [4.69, 9.17) is 9.47 Å². The minimum atomic E-state index is -0.414. The molecule has 3 aliphatic carbocycles. The van der Waals surface area contributed by atoms with Crippen LogP contribution in [0.25, 0.3) is 0 Å². The molecule has 0 amide bonds. The van der Waals surface area contributed by atoms with Gasteiger partial charge < -0.3 is 19.7 Å². The Bertz CT molecular complexity index is 395. The van der Waals surface area contributed by atoms with Crippen molar-refractivity contribution in [3.63, 3.8) is 0 Å². The number of unbranched alkanes of at least 4 members (excludes halogenated alkanes) is 1. The fourth-order valence-electron chi connectivity index (χ4n) is 4.59. The van der Waals surface area contributed by atoms with Crippen LogP contribution in [0.5, 0.6) is 0 Å². The zero-order valence-corrected chi connectivity index (χ0v) is 14.0. The predicted octanol–water partition coefficient (Wildman–Crippen LogP) is 1.92. The summed E-state index contributed by atoms with van der Waals surface area (Å²) < 4.78 is 9.54. The number of hydrogen-bond acceptors (Lipinski definition) is 5. The molecule has 3 saturated carbocycles. The van der Waals surface area contributed by atoms with E-state index < -0.39 is 12.2 Å². The van der Waals surface area contributed by atoms with Gasteiger partial charge in [0.15, 0.2) is 0 Å². The zero-order chi connectivity index (χ0) is 16.8. The largest absolute Gasteiger partial charge is 0.463 e. The van der Waals surface area contributed by atoms with Crippen molar-refractivity contribution in [3.8, 4) is 0 Å². The molecule has 0 aliphatic heterocycles. The fourth-order valence-corrected chi connectivity index (χ4v) is 4.59. The molecule has 5 nitrogen and oxygen atoms in total. The van der Waals surface area contributed by atoms with Crippen LogP contribution in [0.3, 0.4) is 0 Å². The predicted molar refractivity (Wildman–Crippen MR) is 86.7 cm³/mol. The zero-order valence-electron chi connectivity index (χ0n) is 14.0. The maximum absolute atomic E-state index is 10.5. The number of methoxy groups -OCH3 is 1. The third kappa shape index (κ3) is 4.55. The number of fused-ring (bicyclic) bond motifs is 5. The van der Waals surface area contributed by atoms with Crippen LogP contribution in [-0.4, -0.2) is 48.7 Å². The number of esters is 1. The van der Waals surface area contributed by atoms with Crippen LogP contribution in [0.2, 0.25) is 0 Å². The van der Waals surface area contributed by atoms with Gasteiger partial charge in [0.25, 0.3) is 0 Å². The summed E-state index contributed by atoms with van der Waals surface area (Å²) >= 11 is 0. The minimum Gasteiger partial charge on any atom is -0.463 e. The van der Waals surface area contributed by atoms with Crippen molar-refractivity contribution in [1.82, 2.24) is 0 Å². The highest BCUT2D eigenvalue weighted by Crippen LogP contribution is 2.58. The van der Waals surface area contributed by atoms with Crippen LogP contribution in [-0.2, 0) is 14.3 Å². The second-order valence-electron chi connectivity index (χ2n) is 6.94. The molecular weight excluding hydrogens is 296 g/mol. The first kappa shape index (κ1) is 18.4. The molecule has 0 heterocycles. The number of hydrogen-bond donors (Lipinski definition) is 2. The quantitative estimate of drug-likeness (QED) is 0.443. The average Bonchev–Trinajstić information content (AvgIpc) is 3.22. The van der Waals surface area contributed by atoms with E-state index in [1.54, 1.807) is 7.11 Å². The van der Waals surface area contributed by atoms with Gasteiger partial charge in [-0.2, -0.15) is 0 Å². The van der Waals surface area contributed by atoms with Gasteiger partial charge >= 0.3 is 5.97 Å². The lowest BCUT2D eigenvalue weighted by Crippen LogP contribution is -2.29. The van der Waals surface area contributed by atoms with Crippen LogP contribution in [0, 0.1) is 23.7 Å². The number of aliphatic hydroxyl groups is 2. The molecule has 3 rings (SSSR count). The summed E-state index contributed by atoms with van der Waals surface area (Å²) in [4.78, 5) is 10.5. The summed E-state index contributed by atoms with van der Waals surface area (Å²) in [6.45, 7) is 4.44. The first-order valence-electron chi connectivity index (χ1n) is 8.72. The maximum Gasteiger partial charge on any atom is 0.330 e. The Morgan fingerprint density at radius 2 is 1.87 bits per heavy atom. The smallest absolute Gasteiger partial charge is 0.330 e.